The first-order valence-electron chi connectivity index (χ1n) is 7.31. The molecule has 0 radical (unpaired) electrons. The van der Waals surface area contributed by atoms with Crippen molar-refractivity contribution in [3.63, 3.8) is 0 Å². The molecule has 2 aliphatic rings. The molecular weight excluding hydrogens is 232 g/mol. The van der Waals surface area contributed by atoms with Gasteiger partial charge in [-0.05, 0) is 54.7 Å². The van der Waals surface area contributed by atoms with E-state index in [-0.39, 0.29) is 0 Å². The van der Waals surface area contributed by atoms with Crippen molar-refractivity contribution in [3.8, 4) is 0 Å². The predicted octanol–water partition coefficient (Wildman–Crippen LogP) is 4.56. The summed E-state index contributed by atoms with van der Waals surface area (Å²) in [5.74, 6) is 0.972. The zero-order valence-corrected chi connectivity index (χ0v) is 11.3. The number of Topliss-reactive ketones (excluding diaryl/α,β-unsaturated/α-hetero) is 1. The van der Waals surface area contributed by atoms with E-state index in [1.54, 1.807) is 0 Å². The average Bonchev–Trinajstić information content (AvgIpc) is 2.41. The van der Waals surface area contributed by atoms with Crippen LogP contribution >= 0.6 is 0 Å². The first-order valence-corrected chi connectivity index (χ1v) is 7.31. The Balaban J connectivity index is 1.80. The number of benzene rings is 1. The van der Waals surface area contributed by atoms with Gasteiger partial charge in [-0.25, -0.2) is 0 Å². The van der Waals surface area contributed by atoms with Crippen LogP contribution in [0.1, 0.15) is 50.0 Å². The third-order valence-corrected chi connectivity index (χ3v) is 4.36. The summed E-state index contributed by atoms with van der Waals surface area (Å²) in [5, 5.41) is 0. The summed E-state index contributed by atoms with van der Waals surface area (Å²) in [6.07, 6.45) is 10.4. The van der Waals surface area contributed by atoms with E-state index in [1.807, 2.05) is 6.08 Å². The van der Waals surface area contributed by atoms with Crippen LogP contribution in [0.2, 0.25) is 0 Å². The van der Waals surface area contributed by atoms with Crippen molar-refractivity contribution in [3.05, 3.63) is 59.2 Å². The second-order valence-electron chi connectivity index (χ2n) is 5.57. The molecule has 0 saturated carbocycles. The molecule has 1 unspecified atom stereocenters. The maximum Gasteiger partial charge on any atom is 0.162 e. The summed E-state index contributed by atoms with van der Waals surface area (Å²) in [5.41, 5.74) is 3.86. The molecule has 0 aromatic heterocycles. The molecule has 0 heterocycles. The van der Waals surface area contributed by atoms with Gasteiger partial charge in [0.1, 0.15) is 0 Å². The fourth-order valence-electron chi connectivity index (χ4n) is 3.31. The van der Waals surface area contributed by atoms with Gasteiger partial charge >= 0.3 is 0 Å². The highest BCUT2D eigenvalue weighted by Crippen LogP contribution is 2.35. The third-order valence-electron chi connectivity index (χ3n) is 4.36. The van der Waals surface area contributed by atoms with Gasteiger partial charge < -0.3 is 0 Å². The van der Waals surface area contributed by atoms with Gasteiger partial charge in [-0.15, -0.1) is 0 Å². The van der Waals surface area contributed by atoms with E-state index < -0.39 is 0 Å². The van der Waals surface area contributed by atoms with Crippen molar-refractivity contribution < 1.29 is 4.79 Å². The number of ketones is 1. The van der Waals surface area contributed by atoms with Crippen LogP contribution in [0.4, 0.5) is 0 Å². The molecule has 19 heavy (non-hydrogen) atoms. The maximum absolute atomic E-state index is 12.0. The van der Waals surface area contributed by atoms with Gasteiger partial charge in [-0.2, -0.15) is 0 Å². The first kappa shape index (κ1) is 12.4. The summed E-state index contributed by atoms with van der Waals surface area (Å²) in [6, 6.07) is 10.8. The van der Waals surface area contributed by atoms with Crippen LogP contribution in [0.5, 0.6) is 0 Å². The summed E-state index contributed by atoms with van der Waals surface area (Å²) >= 11 is 0. The highest BCUT2D eigenvalue weighted by atomic mass is 16.1. The number of rotatable bonds is 1. The van der Waals surface area contributed by atoms with E-state index in [4.69, 9.17) is 0 Å². The summed E-state index contributed by atoms with van der Waals surface area (Å²) in [6.45, 7) is 0. The van der Waals surface area contributed by atoms with Crippen molar-refractivity contribution in [2.75, 3.05) is 0 Å². The Morgan fingerprint density at radius 2 is 1.84 bits per heavy atom. The zero-order valence-electron chi connectivity index (χ0n) is 11.3. The van der Waals surface area contributed by atoms with Crippen molar-refractivity contribution in [2.24, 2.45) is 0 Å². The second-order valence-corrected chi connectivity index (χ2v) is 5.57. The van der Waals surface area contributed by atoms with Gasteiger partial charge in [0, 0.05) is 6.42 Å². The number of carbonyl (C=O) groups is 1. The lowest BCUT2D eigenvalue weighted by molar-refractivity contribution is -0.115. The molecule has 0 fully saturated rings. The van der Waals surface area contributed by atoms with Gasteiger partial charge in [0.15, 0.2) is 5.78 Å². The minimum atomic E-state index is 0.353. The standard InChI is InChI=1S/C18H20O/c19-18-11-5-10-16-9-4-8-15(12-13-17(16)18)14-6-2-1-3-7-14/h1-3,5-7,10,15H,4,8-9,11-13H2. The molecule has 3 rings (SSSR count). The van der Waals surface area contributed by atoms with E-state index >= 15 is 0 Å². The zero-order chi connectivity index (χ0) is 13.1. The Bertz CT molecular complexity index is 522. The van der Waals surface area contributed by atoms with Crippen molar-refractivity contribution in [1.82, 2.24) is 0 Å². The van der Waals surface area contributed by atoms with Crippen LogP contribution in [0.15, 0.2) is 53.6 Å². The molecule has 1 atom stereocenters. The summed E-state index contributed by atoms with van der Waals surface area (Å²) in [4.78, 5) is 12.0. The Hall–Kier alpha value is -1.63. The molecule has 0 saturated heterocycles. The monoisotopic (exact) mass is 252 g/mol. The quantitative estimate of drug-likeness (QED) is 0.716. The minimum absolute atomic E-state index is 0.353. The first-order chi connectivity index (χ1) is 9.34. The van der Waals surface area contributed by atoms with E-state index in [0.29, 0.717) is 18.1 Å². The number of hydrogen-bond acceptors (Lipinski definition) is 1. The van der Waals surface area contributed by atoms with Crippen LogP contribution in [0.3, 0.4) is 0 Å². The molecule has 1 aromatic carbocycles. The van der Waals surface area contributed by atoms with E-state index in [1.165, 1.54) is 24.0 Å². The highest BCUT2D eigenvalue weighted by molar-refractivity contribution is 5.98. The normalized spacial score (nSPS) is 23.8. The molecule has 0 N–H and O–H groups in total. The Morgan fingerprint density at radius 3 is 2.68 bits per heavy atom. The Kier molecular flexibility index (Phi) is 3.63. The Morgan fingerprint density at radius 1 is 1.00 bits per heavy atom. The molecule has 2 aliphatic carbocycles. The maximum atomic E-state index is 12.0. The second kappa shape index (κ2) is 5.56. The van der Waals surface area contributed by atoms with Crippen LogP contribution in [0.25, 0.3) is 0 Å². The molecule has 1 nitrogen and oxygen atoms in total. The van der Waals surface area contributed by atoms with Gasteiger partial charge in [0.2, 0.25) is 0 Å². The van der Waals surface area contributed by atoms with Crippen molar-refractivity contribution >= 4 is 5.78 Å². The summed E-state index contributed by atoms with van der Waals surface area (Å²) in [7, 11) is 0. The fourth-order valence-corrected chi connectivity index (χ4v) is 3.31. The smallest absolute Gasteiger partial charge is 0.162 e. The minimum Gasteiger partial charge on any atom is -0.294 e. The van der Waals surface area contributed by atoms with Gasteiger partial charge in [0.05, 0.1) is 0 Å². The van der Waals surface area contributed by atoms with Crippen LogP contribution < -0.4 is 0 Å². The van der Waals surface area contributed by atoms with E-state index in [0.717, 1.165) is 24.8 Å². The molecule has 1 heteroatoms. The SMILES string of the molecule is O=C1CC=CC2=C1CCC(c1ccccc1)CCC2. The molecule has 0 spiro atoms. The number of hydrogen-bond donors (Lipinski definition) is 0. The van der Waals surface area contributed by atoms with E-state index in [9.17, 15) is 4.79 Å². The topological polar surface area (TPSA) is 17.1 Å². The van der Waals surface area contributed by atoms with E-state index in [2.05, 4.69) is 36.4 Å². The third kappa shape index (κ3) is 2.70. The molecule has 0 bridgehead atoms. The Labute approximate surface area is 115 Å². The fraction of sp³-hybridized carbons (Fsp3) is 0.389. The van der Waals surface area contributed by atoms with Gasteiger partial charge in [0.25, 0.3) is 0 Å². The molecule has 1 aromatic rings. The molecular formula is C18H20O. The lowest BCUT2D eigenvalue weighted by atomic mass is 9.81. The predicted molar refractivity (Wildman–Crippen MR) is 78.1 cm³/mol. The largest absolute Gasteiger partial charge is 0.294 e. The summed E-state index contributed by atoms with van der Waals surface area (Å²) < 4.78 is 0. The lowest BCUT2D eigenvalue weighted by Crippen LogP contribution is -2.12. The van der Waals surface area contributed by atoms with Crippen LogP contribution in [-0.2, 0) is 4.79 Å². The molecule has 98 valence electrons. The highest BCUT2D eigenvalue weighted by Gasteiger charge is 2.21. The lowest BCUT2D eigenvalue weighted by Gasteiger charge is -2.24. The number of carbonyl (C=O) groups excluding carboxylic acids is 1. The average molecular weight is 252 g/mol. The van der Waals surface area contributed by atoms with Gasteiger partial charge in [-0.1, -0.05) is 42.5 Å². The molecule has 0 aliphatic heterocycles. The van der Waals surface area contributed by atoms with Crippen molar-refractivity contribution in [2.45, 2.75) is 44.4 Å². The van der Waals surface area contributed by atoms with Gasteiger partial charge in [-0.3, -0.25) is 4.79 Å². The van der Waals surface area contributed by atoms with Crippen LogP contribution in [-0.4, -0.2) is 5.78 Å². The van der Waals surface area contributed by atoms with Crippen molar-refractivity contribution in [1.29, 1.82) is 0 Å². The van der Waals surface area contributed by atoms with Crippen LogP contribution in [0, 0.1) is 0 Å². The number of allylic oxidation sites excluding steroid dienone is 4. The molecule has 0 amide bonds.